The van der Waals surface area contributed by atoms with E-state index in [0.717, 1.165) is 17.2 Å². The Morgan fingerprint density at radius 1 is 1.27 bits per heavy atom. The van der Waals surface area contributed by atoms with Gasteiger partial charge in [-0.25, -0.2) is 0 Å². The number of carbonyl (C=O) groups excluding carboxylic acids is 1. The van der Waals surface area contributed by atoms with E-state index in [1.165, 1.54) is 25.7 Å². The molecular formula is C19H23N3O3S. The molecule has 4 rings (SSSR count). The van der Waals surface area contributed by atoms with Gasteiger partial charge in [-0.3, -0.25) is 9.48 Å². The monoisotopic (exact) mass is 373 g/mol. The molecule has 1 aliphatic heterocycles. The molecule has 2 heterocycles. The topological polar surface area (TPSA) is 65.4 Å². The first-order chi connectivity index (χ1) is 12.8. The van der Waals surface area contributed by atoms with E-state index in [1.54, 1.807) is 22.6 Å². The van der Waals surface area contributed by atoms with Crippen LogP contribution < -0.4 is 14.8 Å². The summed E-state index contributed by atoms with van der Waals surface area (Å²) in [6.45, 7) is 1.05. The molecule has 0 unspecified atom stereocenters. The Labute approximate surface area is 157 Å². The first-order valence-corrected chi connectivity index (χ1v) is 10.1. The number of thioether (sulfide) groups is 1. The van der Waals surface area contributed by atoms with Crippen LogP contribution in [-0.4, -0.2) is 39.4 Å². The first-order valence-electron chi connectivity index (χ1n) is 9.08. The fourth-order valence-electron chi connectivity index (χ4n) is 3.34. The van der Waals surface area contributed by atoms with Crippen molar-refractivity contribution in [1.82, 2.24) is 9.78 Å². The molecule has 1 aromatic heterocycles. The Balaban J connectivity index is 1.26. The number of hydrogen-bond acceptors (Lipinski definition) is 5. The smallest absolute Gasteiger partial charge is 0.234 e. The van der Waals surface area contributed by atoms with Crippen molar-refractivity contribution in [2.24, 2.45) is 0 Å². The number of nitrogens with zero attached hydrogens (tertiary/aromatic N) is 2. The van der Waals surface area contributed by atoms with E-state index in [-0.39, 0.29) is 12.0 Å². The van der Waals surface area contributed by atoms with Crippen molar-refractivity contribution in [3.8, 4) is 11.5 Å². The number of fused-ring (bicyclic) bond motifs is 1. The van der Waals surface area contributed by atoms with Gasteiger partial charge in [0.15, 0.2) is 17.6 Å². The van der Waals surface area contributed by atoms with Crippen LogP contribution in [0.5, 0.6) is 11.5 Å². The largest absolute Gasteiger partial charge is 0.486 e. The SMILES string of the molecule is O=C(CSC1CCCC1)Nc1cnn(C[C@@H]2COc3ccccc3O2)c1. The van der Waals surface area contributed by atoms with Crippen LogP contribution in [0.1, 0.15) is 25.7 Å². The maximum Gasteiger partial charge on any atom is 0.234 e. The zero-order valence-electron chi connectivity index (χ0n) is 14.6. The lowest BCUT2D eigenvalue weighted by Gasteiger charge is -2.26. The molecule has 1 N–H and O–H groups in total. The molecule has 0 spiro atoms. The molecule has 2 aromatic rings. The molecule has 1 saturated carbocycles. The van der Waals surface area contributed by atoms with Gasteiger partial charge in [0.05, 0.1) is 24.2 Å². The molecule has 1 atom stereocenters. The predicted octanol–water partition coefficient (Wildman–Crippen LogP) is 3.34. The average molecular weight is 373 g/mol. The normalized spacial score (nSPS) is 19.5. The van der Waals surface area contributed by atoms with Gasteiger partial charge in [-0.2, -0.15) is 5.10 Å². The van der Waals surface area contributed by atoms with Crippen molar-refractivity contribution in [3.63, 3.8) is 0 Å². The molecule has 0 bridgehead atoms. The zero-order valence-corrected chi connectivity index (χ0v) is 15.4. The summed E-state index contributed by atoms with van der Waals surface area (Å²) in [5, 5.41) is 7.89. The van der Waals surface area contributed by atoms with E-state index in [9.17, 15) is 4.79 Å². The molecule has 1 aromatic carbocycles. The Bertz CT molecular complexity index is 758. The minimum atomic E-state index is -0.105. The summed E-state index contributed by atoms with van der Waals surface area (Å²) in [5.74, 6) is 2.07. The van der Waals surface area contributed by atoms with E-state index in [4.69, 9.17) is 9.47 Å². The van der Waals surface area contributed by atoms with Gasteiger partial charge >= 0.3 is 0 Å². The molecule has 0 saturated heterocycles. The Morgan fingerprint density at radius 2 is 2.08 bits per heavy atom. The Kier molecular flexibility index (Phi) is 5.34. The van der Waals surface area contributed by atoms with Crippen molar-refractivity contribution in [3.05, 3.63) is 36.7 Å². The van der Waals surface area contributed by atoms with Crippen molar-refractivity contribution in [2.75, 3.05) is 17.7 Å². The van der Waals surface area contributed by atoms with Gasteiger partial charge in [-0.1, -0.05) is 25.0 Å². The van der Waals surface area contributed by atoms with E-state index in [2.05, 4.69) is 10.4 Å². The van der Waals surface area contributed by atoms with Crippen LogP contribution in [0.25, 0.3) is 0 Å². The van der Waals surface area contributed by atoms with Crippen LogP contribution in [0.3, 0.4) is 0 Å². The Hall–Kier alpha value is -2.15. The summed E-state index contributed by atoms with van der Waals surface area (Å²) in [4.78, 5) is 12.1. The average Bonchev–Trinajstić information content (AvgIpc) is 3.32. The molecular weight excluding hydrogens is 350 g/mol. The van der Waals surface area contributed by atoms with E-state index in [1.807, 2.05) is 30.5 Å². The summed E-state index contributed by atoms with van der Waals surface area (Å²) in [6.07, 6.45) is 8.47. The molecule has 6 nitrogen and oxygen atoms in total. The fourth-order valence-corrected chi connectivity index (χ4v) is 4.46. The van der Waals surface area contributed by atoms with Gasteiger partial charge in [0.25, 0.3) is 0 Å². The minimum Gasteiger partial charge on any atom is -0.486 e. The summed E-state index contributed by atoms with van der Waals surface area (Å²) in [6, 6.07) is 7.65. The number of benzene rings is 1. The number of nitrogens with one attached hydrogen (secondary N) is 1. The Morgan fingerprint density at radius 3 is 2.92 bits per heavy atom. The summed E-state index contributed by atoms with van der Waals surface area (Å²) >= 11 is 1.76. The number of ether oxygens (including phenoxy) is 2. The van der Waals surface area contributed by atoms with E-state index >= 15 is 0 Å². The number of amides is 1. The highest BCUT2D eigenvalue weighted by Crippen LogP contribution is 2.31. The highest BCUT2D eigenvalue weighted by atomic mass is 32.2. The molecule has 2 aliphatic rings. The molecule has 7 heteroatoms. The lowest BCUT2D eigenvalue weighted by Crippen LogP contribution is -2.33. The van der Waals surface area contributed by atoms with E-state index in [0.29, 0.717) is 24.2 Å². The van der Waals surface area contributed by atoms with Crippen LogP contribution in [0.4, 0.5) is 5.69 Å². The number of aromatic nitrogens is 2. The van der Waals surface area contributed by atoms with Crippen molar-refractivity contribution in [1.29, 1.82) is 0 Å². The van der Waals surface area contributed by atoms with Gasteiger partial charge < -0.3 is 14.8 Å². The second-order valence-electron chi connectivity index (χ2n) is 6.71. The summed E-state index contributed by atoms with van der Waals surface area (Å²) in [7, 11) is 0. The quantitative estimate of drug-likeness (QED) is 0.841. The van der Waals surface area contributed by atoms with E-state index < -0.39 is 0 Å². The zero-order chi connectivity index (χ0) is 17.8. The molecule has 0 radical (unpaired) electrons. The minimum absolute atomic E-state index is 0.0348. The standard InChI is InChI=1S/C19H23N3O3S/c23-19(13-26-16-5-1-2-6-16)21-14-9-20-22(10-14)11-15-12-24-17-7-3-4-8-18(17)25-15/h3-4,7-10,15-16H,1-2,5-6,11-13H2,(H,21,23)/t15-/m1/s1. The highest BCUT2D eigenvalue weighted by molar-refractivity contribution is 8.00. The van der Waals surface area contributed by atoms with Gasteiger partial charge in [0.1, 0.15) is 6.61 Å². The number of rotatable bonds is 6. The third kappa shape index (κ3) is 4.33. The molecule has 138 valence electrons. The van der Waals surface area contributed by atoms with Crippen LogP contribution in [-0.2, 0) is 11.3 Å². The maximum absolute atomic E-state index is 12.1. The van der Waals surface area contributed by atoms with Crippen molar-refractivity contribution < 1.29 is 14.3 Å². The van der Waals surface area contributed by atoms with Gasteiger partial charge in [-0.15, -0.1) is 11.8 Å². The lowest BCUT2D eigenvalue weighted by molar-refractivity contribution is -0.113. The highest BCUT2D eigenvalue weighted by Gasteiger charge is 2.21. The van der Waals surface area contributed by atoms with Gasteiger partial charge in [0.2, 0.25) is 5.91 Å². The fraction of sp³-hybridized carbons (Fsp3) is 0.474. The van der Waals surface area contributed by atoms with Crippen LogP contribution in [0, 0.1) is 0 Å². The number of carbonyl (C=O) groups is 1. The van der Waals surface area contributed by atoms with Gasteiger partial charge in [-0.05, 0) is 25.0 Å². The lowest BCUT2D eigenvalue weighted by atomic mass is 10.2. The first kappa shape index (κ1) is 17.3. The van der Waals surface area contributed by atoms with Crippen LogP contribution >= 0.6 is 11.8 Å². The number of anilines is 1. The van der Waals surface area contributed by atoms with Crippen LogP contribution in [0.15, 0.2) is 36.7 Å². The molecule has 1 aliphatic carbocycles. The third-order valence-corrected chi connectivity index (χ3v) is 6.00. The van der Waals surface area contributed by atoms with Crippen LogP contribution in [0.2, 0.25) is 0 Å². The molecule has 1 fully saturated rings. The maximum atomic E-state index is 12.1. The second kappa shape index (κ2) is 8.03. The molecule has 1 amide bonds. The summed E-state index contributed by atoms with van der Waals surface area (Å²) < 4.78 is 13.4. The second-order valence-corrected chi connectivity index (χ2v) is 8.00. The third-order valence-electron chi connectivity index (χ3n) is 4.63. The predicted molar refractivity (Wildman–Crippen MR) is 102 cm³/mol. The van der Waals surface area contributed by atoms with Crippen molar-refractivity contribution >= 4 is 23.4 Å². The summed E-state index contributed by atoms with van der Waals surface area (Å²) in [5.41, 5.74) is 0.721. The molecule has 26 heavy (non-hydrogen) atoms. The number of para-hydroxylation sites is 2. The van der Waals surface area contributed by atoms with Crippen molar-refractivity contribution in [2.45, 2.75) is 43.6 Å². The van der Waals surface area contributed by atoms with Gasteiger partial charge in [0, 0.05) is 11.4 Å². The number of hydrogen-bond donors (Lipinski definition) is 1.